The minimum atomic E-state index is -4.54. The SMILES string of the molecule is C[C@]1(C(=O)O)[C@@H]2Oc3cc(Oc4cc(Cl)cc(C(F)(F)F)c4)ccc3[C@@H]21. The van der Waals surface area contributed by atoms with E-state index in [1.165, 1.54) is 12.1 Å². The highest BCUT2D eigenvalue weighted by atomic mass is 35.5. The van der Waals surface area contributed by atoms with E-state index in [4.69, 9.17) is 21.1 Å². The van der Waals surface area contributed by atoms with Gasteiger partial charge in [-0.05, 0) is 31.2 Å². The number of hydrogen-bond acceptors (Lipinski definition) is 3. The van der Waals surface area contributed by atoms with Crippen molar-refractivity contribution in [3.8, 4) is 17.2 Å². The van der Waals surface area contributed by atoms with E-state index in [1.54, 1.807) is 19.1 Å². The molecule has 0 aromatic heterocycles. The fraction of sp³-hybridized carbons (Fsp3) is 0.278. The molecule has 136 valence electrons. The predicted molar refractivity (Wildman–Crippen MR) is 85.9 cm³/mol. The number of ether oxygens (including phenoxy) is 2. The maximum absolute atomic E-state index is 12.9. The van der Waals surface area contributed by atoms with E-state index in [1.807, 2.05) is 0 Å². The number of aliphatic carboxylic acids is 1. The van der Waals surface area contributed by atoms with Gasteiger partial charge in [0.25, 0.3) is 0 Å². The largest absolute Gasteiger partial charge is 0.488 e. The van der Waals surface area contributed by atoms with Crippen molar-refractivity contribution in [3.63, 3.8) is 0 Å². The molecule has 2 aromatic rings. The quantitative estimate of drug-likeness (QED) is 0.799. The highest BCUT2D eigenvalue weighted by molar-refractivity contribution is 6.30. The second-order valence-corrected chi connectivity index (χ2v) is 7.02. The van der Waals surface area contributed by atoms with Gasteiger partial charge in [0.2, 0.25) is 0 Å². The van der Waals surface area contributed by atoms with Crippen LogP contribution in [-0.4, -0.2) is 17.2 Å². The lowest BCUT2D eigenvalue weighted by molar-refractivity contribution is -0.144. The monoisotopic (exact) mass is 384 g/mol. The zero-order valence-corrected chi connectivity index (χ0v) is 14.1. The highest BCUT2D eigenvalue weighted by Gasteiger charge is 2.73. The summed E-state index contributed by atoms with van der Waals surface area (Å²) in [6.07, 6.45) is -4.97. The molecule has 3 atom stereocenters. The Balaban J connectivity index is 1.59. The maximum Gasteiger partial charge on any atom is 0.416 e. The Morgan fingerprint density at radius 1 is 1.23 bits per heavy atom. The number of halogens is 4. The van der Waals surface area contributed by atoms with E-state index in [0.29, 0.717) is 5.75 Å². The van der Waals surface area contributed by atoms with Crippen molar-refractivity contribution < 1.29 is 32.5 Å². The second kappa shape index (κ2) is 5.30. The average Bonchev–Trinajstić information content (AvgIpc) is 2.95. The summed E-state index contributed by atoms with van der Waals surface area (Å²) in [6, 6.07) is 7.75. The third kappa shape index (κ3) is 2.49. The molecule has 4 rings (SSSR count). The van der Waals surface area contributed by atoms with Gasteiger partial charge in [0.05, 0.1) is 5.56 Å². The summed E-state index contributed by atoms with van der Waals surface area (Å²) in [5, 5.41) is 9.21. The molecular weight excluding hydrogens is 373 g/mol. The summed E-state index contributed by atoms with van der Waals surface area (Å²) in [4.78, 5) is 11.4. The number of rotatable bonds is 3. The van der Waals surface area contributed by atoms with Crippen LogP contribution in [0.15, 0.2) is 36.4 Å². The van der Waals surface area contributed by atoms with E-state index < -0.39 is 29.2 Å². The minimum Gasteiger partial charge on any atom is -0.488 e. The van der Waals surface area contributed by atoms with Crippen LogP contribution in [0.1, 0.15) is 24.0 Å². The summed E-state index contributed by atoms with van der Waals surface area (Å²) in [5.74, 6) is -0.445. The number of carbonyl (C=O) groups is 1. The molecule has 0 amide bonds. The van der Waals surface area contributed by atoms with Gasteiger partial charge in [-0.2, -0.15) is 13.2 Å². The number of hydrogen-bond donors (Lipinski definition) is 1. The molecule has 1 heterocycles. The summed E-state index contributed by atoms with van der Waals surface area (Å²) in [5.41, 5.74) is -1.09. The topological polar surface area (TPSA) is 55.8 Å². The van der Waals surface area contributed by atoms with Crippen LogP contribution in [0.3, 0.4) is 0 Å². The normalized spacial score (nSPS) is 25.9. The third-order valence-electron chi connectivity index (χ3n) is 4.90. The standard InChI is InChI=1S/C18H12ClF3O4/c1-17(16(23)24)14-12-3-2-10(7-13(12)26-15(14)17)25-11-5-8(18(20,21)22)4-9(19)6-11/h2-7,14-15H,1H3,(H,23,24)/t14-,15+,17+/m0/s1. The number of benzene rings is 2. The van der Waals surface area contributed by atoms with Crippen LogP contribution in [0.4, 0.5) is 13.2 Å². The molecule has 1 aliphatic carbocycles. The molecule has 8 heteroatoms. The van der Waals surface area contributed by atoms with Crippen molar-refractivity contribution in [2.24, 2.45) is 5.41 Å². The Labute approximate surface area is 151 Å². The lowest BCUT2D eigenvalue weighted by Gasteiger charge is -2.15. The van der Waals surface area contributed by atoms with Crippen LogP contribution in [0.25, 0.3) is 0 Å². The first-order valence-corrected chi connectivity index (χ1v) is 8.08. The fourth-order valence-corrected chi connectivity index (χ4v) is 3.63. The van der Waals surface area contributed by atoms with Crippen LogP contribution in [-0.2, 0) is 11.0 Å². The molecule has 1 aliphatic heterocycles. The Morgan fingerprint density at radius 2 is 1.96 bits per heavy atom. The van der Waals surface area contributed by atoms with Crippen molar-refractivity contribution in [3.05, 3.63) is 52.5 Å². The van der Waals surface area contributed by atoms with Gasteiger partial charge in [0.15, 0.2) is 0 Å². The number of alkyl halides is 3. The lowest BCUT2D eigenvalue weighted by atomic mass is 10.00. The van der Waals surface area contributed by atoms with E-state index in [9.17, 15) is 23.1 Å². The minimum absolute atomic E-state index is 0.0525. The van der Waals surface area contributed by atoms with Gasteiger partial charge in [-0.1, -0.05) is 17.7 Å². The average molecular weight is 385 g/mol. The van der Waals surface area contributed by atoms with Gasteiger partial charge in [0, 0.05) is 22.6 Å². The molecule has 4 nitrogen and oxygen atoms in total. The molecule has 0 unspecified atom stereocenters. The number of carboxylic acids is 1. The molecule has 0 bridgehead atoms. The summed E-state index contributed by atoms with van der Waals surface area (Å²) in [6.45, 7) is 1.63. The Bertz CT molecular complexity index is 927. The van der Waals surface area contributed by atoms with Crippen molar-refractivity contribution in [1.82, 2.24) is 0 Å². The van der Waals surface area contributed by atoms with Crippen LogP contribution in [0.5, 0.6) is 17.2 Å². The van der Waals surface area contributed by atoms with Crippen molar-refractivity contribution in [2.45, 2.75) is 25.1 Å². The number of carboxylic acid groups (broad SMARTS) is 1. The van der Waals surface area contributed by atoms with E-state index >= 15 is 0 Å². The van der Waals surface area contributed by atoms with Crippen LogP contribution in [0, 0.1) is 5.41 Å². The smallest absolute Gasteiger partial charge is 0.416 e. The van der Waals surface area contributed by atoms with Gasteiger partial charge in [-0.3, -0.25) is 4.79 Å². The number of fused-ring (bicyclic) bond motifs is 3. The van der Waals surface area contributed by atoms with Crippen LogP contribution < -0.4 is 9.47 Å². The van der Waals surface area contributed by atoms with Gasteiger partial charge < -0.3 is 14.6 Å². The maximum atomic E-state index is 12.9. The van der Waals surface area contributed by atoms with E-state index in [2.05, 4.69) is 0 Å². The first-order valence-electron chi connectivity index (χ1n) is 7.70. The molecule has 1 N–H and O–H groups in total. The lowest BCUT2D eigenvalue weighted by Crippen LogP contribution is -2.20. The van der Waals surface area contributed by atoms with Crippen LogP contribution >= 0.6 is 11.6 Å². The molecule has 0 radical (unpaired) electrons. The van der Waals surface area contributed by atoms with Gasteiger partial charge in [-0.25, -0.2) is 0 Å². The summed E-state index contributed by atoms with van der Waals surface area (Å²) in [7, 11) is 0. The second-order valence-electron chi connectivity index (χ2n) is 6.58. The molecule has 26 heavy (non-hydrogen) atoms. The third-order valence-corrected chi connectivity index (χ3v) is 5.12. The summed E-state index contributed by atoms with van der Waals surface area (Å²) >= 11 is 5.74. The fourth-order valence-electron chi connectivity index (χ4n) is 3.40. The molecule has 0 saturated heterocycles. The van der Waals surface area contributed by atoms with Gasteiger partial charge >= 0.3 is 12.1 Å². The first kappa shape index (κ1) is 17.0. The summed E-state index contributed by atoms with van der Waals surface area (Å²) < 4.78 is 49.8. The molecule has 1 fully saturated rings. The van der Waals surface area contributed by atoms with Gasteiger partial charge in [0.1, 0.15) is 28.8 Å². The van der Waals surface area contributed by atoms with Crippen LogP contribution in [0.2, 0.25) is 5.02 Å². The zero-order chi connectivity index (χ0) is 18.9. The first-order chi connectivity index (χ1) is 12.1. The Kier molecular flexibility index (Phi) is 3.47. The zero-order valence-electron chi connectivity index (χ0n) is 13.3. The Morgan fingerprint density at radius 3 is 2.62 bits per heavy atom. The Hall–Kier alpha value is -2.41. The van der Waals surface area contributed by atoms with Crippen molar-refractivity contribution >= 4 is 17.6 Å². The van der Waals surface area contributed by atoms with E-state index in [-0.39, 0.29) is 22.4 Å². The molecular formula is C18H12ClF3O4. The molecule has 2 aromatic carbocycles. The highest BCUT2D eigenvalue weighted by Crippen LogP contribution is 2.67. The van der Waals surface area contributed by atoms with E-state index in [0.717, 1.165) is 17.7 Å². The molecule has 0 spiro atoms. The predicted octanol–water partition coefficient (Wildman–Crippen LogP) is 5.10. The van der Waals surface area contributed by atoms with Gasteiger partial charge in [-0.15, -0.1) is 0 Å². The molecule has 2 aliphatic rings. The van der Waals surface area contributed by atoms with Crippen molar-refractivity contribution in [1.29, 1.82) is 0 Å². The van der Waals surface area contributed by atoms with Crippen molar-refractivity contribution in [2.75, 3.05) is 0 Å². The molecule has 1 saturated carbocycles.